The van der Waals surface area contributed by atoms with Crippen molar-refractivity contribution in [2.45, 2.75) is 92.5 Å². The topological polar surface area (TPSA) is 6.48 Å². The summed E-state index contributed by atoms with van der Waals surface area (Å²) in [5, 5.41) is 0. The maximum atomic E-state index is 2.69. The molecule has 2 fully saturated rings. The maximum Gasteiger partial charge on any atom is 0.0113 e. The molecule has 1 aliphatic heterocycles. The van der Waals surface area contributed by atoms with Crippen molar-refractivity contribution < 1.29 is 0 Å². The quantitative estimate of drug-likeness (QED) is 0.615. The molecule has 1 heterocycles. The minimum atomic E-state index is 0.724. The van der Waals surface area contributed by atoms with Gasteiger partial charge in [0.05, 0.1) is 0 Å². The van der Waals surface area contributed by atoms with Gasteiger partial charge < -0.3 is 4.90 Å². The first-order valence-corrected chi connectivity index (χ1v) is 10.8. The van der Waals surface area contributed by atoms with E-state index >= 15 is 0 Å². The van der Waals surface area contributed by atoms with E-state index in [1.54, 1.807) is 0 Å². The lowest BCUT2D eigenvalue weighted by Crippen LogP contribution is -2.49. The van der Waals surface area contributed by atoms with Gasteiger partial charge in [-0.2, -0.15) is 0 Å². The highest BCUT2D eigenvalue weighted by Gasteiger charge is 2.20. The molecular weight excluding hydrogens is 292 g/mol. The minimum absolute atomic E-state index is 0.724. The molecule has 0 amide bonds. The van der Waals surface area contributed by atoms with E-state index in [9.17, 15) is 0 Å². The van der Waals surface area contributed by atoms with Crippen molar-refractivity contribution in [3.05, 3.63) is 0 Å². The standard InChI is InChI=1S/C18H36N2.C4H10/c1-16(2)20-13-11-19(12-14-20)10-9-17(3)15-18-7-5-4-6-8-18;1-4(2)3/h16-18H,4-15H2,1-3H3;4H,1-3H3/t17-;/m0./s1. The average molecular weight is 339 g/mol. The summed E-state index contributed by atoms with van der Waals surface area (Å²) in [6.07, 6.45) is 10.4. The van der Waals surface area contributed by atoms with Crippen LogP contribution in [0.1, 0.15) is 86.5 Å². The molecule has 0 aromatic rings. The van der Waals surface area contributed by atoms with E-state index in [1.807, 2.05) is 0 Å². The highest BCUT2D eigenvalue weighted by atomic mass is 15.3. The fraction of sp³-hybridized carbons (Fsp3) is 1.00. The Hall–Kier alpha value is -0.0800. The van der Waals surface area contributed by atoms with Crippen LogP contribution in [0.15, 0.2) is 0 Å². The molecule has 2 aliphatic rings. The molecule has 2 heteroatoms. The molecule has 0 bridgehead atoms. The second kappa shape index (κ2) is 12.3. The third-order valence-electron chi connectivity index (χ3n) is 5.54. The molecule has 2 rings (SSSR count). The molecule has 1 saturated carbocycles. The normalized spacial score (nSPS) is 22.5. The van der Waals surface area contributed by atoms with Crippen LogP contribution in [0.25, 0.3) is 0 Å². The van der Waals surface area contributed by atoms with E-state index in [0.717, 1.165) is 23.8 Å². The van der Waals surface area contributed by atoms with Gasteiger partial charge in [-0.25, -0.2) is 0 Å². The highest BCUT2D eigenvalue weighted by Crippen LogP contribution is 2.30. The summed E-state index contributed by atoms with van der Waals surface area (Å²) in [4.78, 5) is 5.30. The fourth-order valence-electron chi connectivity index (χ4n) is 4.02. The van der Waals surface area contributed by atoms with Crippen molar-refractivity contribution in [1.29, 1.82) is 0 Å². The molecular formula is C22H46N2. The van der Waals surface area contributed by atoms with E-state index in [2.05, 4.69) is 51.3 Å². The van der Waals surface area contributed by atoms with Crippen molar-refractivity contribution in [2.75, 3.05) is 32.7 Å². The summed E-state index contributed by atoms with van der Waals surface area (Å²) >= 11 is 0. The third-order valence-corrected chi connectivity index (χ3v) is 5.54. The van der Waals surface area contributed by atoms with Crippen LogP contribution < -0.4 is 0 Å². The molecule has 2 nitrogen and oxygen atoms in total. The second-order valence-electron chi connectivity index (χ2n) is 9.34. The zero-order chi connectivity index (χ0) is 17.9. The van der Waals surface area contributed by atoms with Gasteiger partial charge in [0.2, 0.25) is 0 Å². The molecule has 1 saturated heterocycles. The smallest absolute Gasteiger partial charge is 0.0113 e. The van der Waals surface area contributed by atoms with Crippen molar-refractivity contribution in [1.82, 2.24) is 9.80 Å². The van der Waals surface area contributed by atoms with Crippen molar-refractivity contribution in [2.24, 2.45) is 17.8 Å². The molecule has 1 aliphatic carbocycles. The van der Waals surface area contributed by atoms with Crippen molar-refractivity contribution in [3.8, 4) is 0 Å². The first-order valence-electron chi connectivity index (χ1n) is 10.8. The number of hydrogen-bond acceptors (Lipinski definition) is 2. The molecule has 144 valence electrons. The van der Waals surface area contributed by atoms with E-state index in [-0.39, 0.29) is 0 Å². The lowest BCUT2D eigenvalue weighted by atomic mass is 9.82. The Balaban J connectivity index is 0.000000648. The fourth-order valence-corrected chi connectivity index (χ4v) is 4.02. The first kappa shape index (κ1) is 22.0. The molecule has 0 aromatic carbocycles. The van der Waals surface area contributed by atoms with E-state index in [0.29, 0.717) is 0 Å². The largest absolute Gasteiger partial charge is 0.301 e. The number of piperazine rings is 1. The predicted octanol–water partition coefficient (Wildman–Crippen LogP) is 5.67. The molecule has 1 atom stereocenters. The first-order chi connectivity index (χ1) is 11.4. The van der Waals surface area contributed by atoms with Crippen LogP contribution in [-0.2, 0) is 0 Å². The molecule has 24 heavy (non-hydrogen) atoms. The SMILES string of the molecule is CC(C)C.CC(C)N1CCN(CC[C@H](C)CC2CCCCC2)CC1. The van der Waals surface area contributed by atoms with Crippen LogP contribution >= 0.6 is 0 Å². The Kier molecular flexibility index (Phi) is 11.3. The lowest BCUT2D eigenvalue weighted by Gasteiger charge is -2.37. The molecule has 0 aromatic heterocycles. The Bertz CT molecular complexity index is 284. The van der Waals surface area contributed by atoms with Crippen LogP contribution in [0.4, 0.5) is 0 Å². The average Bonchev–Trinajstić information content (AvgIpc) is 2.54. The maximum absolute atomic E-state index is 2.69. The third kappa shape index (κ3) is 10.0. The van der Waals surface area contributed by atoms with Crippen LogP contribution in [0.5, 0.6) is 0 Å². The second-order valence-corrected chi connectivity index (χ2v) is 9.34. The Morgan fingerprint density at radius 1 is 0.792 bits per heavy atom. The van der Waals surface area contributed by atoms with Crippen LogP contribution in [0, 0.1) is 17.8 Å². The summed E-state index contributed by atoms with van der Waals surface area (Å²) in [7, 11) is 0. The zero-order valence-electron chi connectivity index (χ0n) is 17.7. The molecule has 0 unspecified atom stereocenters. The van der Waals surface area contributed by atoms with Crippen molar-refractivity contribution >= 4 is 0 Å². The van der Waals surface area contributed by atoms with Gasteiger partial charge in [-0.15, -0.1) is 0 Å². The summed E-state index contributed by atoms with van der Waals surface area (Å²) in [5.74, 6) is 2.82. The molecule has 0 spiro atoms. The van der Waals surface area contributed by atoms with E-state index < -0.39 is 0 Å². The minimum Gasteiger partial charge on any atom is -0.301 e. The zero-order valence-corrected chi connectivity index (χ0v) is 17.7. The monoisotopic (exact) mass is 338 g/mol. The Morgan fingerprint density at radius 3 is 1.83 bits per heavy atom. The Morgan fingerprint density at radius 2 is 1.33 bits per heavy atom. The van der Waals surface area contributed by atoms with Crippen LogP contribution in [0.2, 0.25) is 0 Å². The van der Waals surface area contributed by atoms with Gasteiger partial charge in [0.1, 0.15) is 0 Å². The van der Waals surface area contributed by atoms with Gasteiger partial charge in [0, 0.05) is 32.2 Å². The van der Waals surface area contributed by atoms with Gasteiger partial charge in [-0.05, 0) is 51.0 Å². The van der Waals surface area contributed by atoms with Gasteiger partial charge in [-0.1, -0.05) is 59.8 Å². The van der Waals surface area contributed by atoms with Gasteiger partial charge in [0.25, 0.3) is 0 Å². The van der Waals surface area contributed by atoms with Crippen molar-refractivity contribution in [3.63, 3.8) is 0 Å². The van der Waals surface area contributed by atoms with Crippen LogP contribution in [0.3, 0.4) is 0 Å². The number of nitrogens with zero attached hydrogens (tertiary/aromatic N) is 2. The number of rotatable bonds is 6. The van der Waals surface area contributed by atoms with E-state index in [1.165, 1.54) is 77.7 Å². The predicted molar refractivity (Wildman–Crippen MR) is 109 cm³/mol. The van der Waals surface area contributed by atoms with Crippen LogP contribution in [-0.4, -0.2) is 48.6 Å². The summed E-state index contributed by atoms with van der Waals surface area (Å²) in [6, 6.07) is 0.724. The summed E-state index contributed by atoms with van der Waals surface area (Å²) < 4.78 is 0. The van der Waals surface area contributed by atoms with Gasteiger partial charge in [0.15, 0.2) is 0 Å². The lowest BCUT2D eigenvalue weighted by molar-refractivity contribution is 0.103. The molecule has 0 radical (unpaired) electrons. The van der Waals surface area contributed by atoms with E-state index in [4.69, 9.17) is 0 Å². The highest BCUT2D eigenvalue weighted by molar-refractivity contribution is 4.75. The van der Waals surface area contributed by atoms with Gasteiger partial charge in [-0.3, -0.25) is 4.90 Å². The van der Waals surface area contributed by atoms with Gasteiger partial charge >= 0.3 is 0 Å². The summed E-state index contributed by atoms with van der Waals surface area (Å²) in [6.45, 7) is 20.1. The number of hydrogen-bond donors (Lipinski definition) is 0. The molecule has 0 N–H and O–H groups in total. The Labute approximate surface area is 153 Å². The summed E-state index contributed by atoms with van der Waals surface area (Å²) in [5.41, 5.74) is 0.